The van der Waals surface area contributed by atoms with Gasteiger partial charge in [0.05, 0.1) is 6.42 Å². The standard InChI is InChI=1S/C15H22N4O2/c1-13(20)16-6-7-18-8-10-19(11-9-18)15(21)12-14-4-2-3-5-17-14/h2-5H,6-12H2,1H3,(H,16,20). The minimum Gasteiger partial charge on any atom is -0.355 e. The predicted octanol–water partition coefficient (Wildman–Crippen LogP) is -0.0956. The fourth-order valence-electron chi connectivity index (χ4n) is 2.38. The average molecular weight is 290 g/mol. The van der Waals surface area contributed by atoms with Crippen molar-refractivity contribution in [3.8, 4) is 0 Å². The molecule has 114 valence electrons. The van der Waals surface area contributed by atoms with E-state index < -0.39 is 0 Å². The van der Waals surface area contributed by atoms with Crippen LogP contribution in [0.2, 0.25) is 0 Å². The summed E-state index contributed by atoms with van der Waals surface area (Å²) in [6.07, 6.45) is 2.08. The Morgan fingerprint density at radius 3 is 2.62 bits per heavy atom. The van der Waals surface area contributed by atoms with Crippen LogP contribution >= 0.6 is 0 Å². The van der Waals surface area contributed by atoms with E-state index in [1.165, 1.54) is 6.92 Å². The van der Waals surface area contributed by atoms with Crippen molar-refractivity contribution in [1.29, 1.82) is 0 Å². The first-order valence-corrected chi connectivity index (χ1v) is 7.29. The summed E-state index contributed by atoms with van der Waals surface area (Å²) in [6, 6.07) is 5.62. The fourth-order valence-corrected chi connectivity index (χ4v) is 2.38. The number of aromatic nitrogens is 1. The third-order valence-electron chi connectivity index (χ3n) is 3.59. The Morgan fingerprint density at radius 2 is 2.00 bits per heavy atom. The Hall–Kier alpha value is -1.95. The van der Waals surface area contributed by atoms with Crippen molar-refractivity contribution in [3.05, 3.63) is 30.1 Å². The molecule has 1 N–H and O–H groups in total. The lowest BCUT2D eigenvalue weighted by Gasteiger charge is -2.34. The number of nitrogens with one attached hydrogen (secondary N) is 1. The summed E-state index contributed by atoms with van der Waals surface area (Å²) in [5, 5.41) is 2.79. The lowest BCUT2D eigenvalue weighted by molar-refractivity contribution is -0.132. The highest BCUT2D eigenvalue weighted by atomic mass is 16.2. The van der Waals surface area contributed by atoms with Gasteiger partial charge < -0.3 is 10.2 Å². The van der Waals surface area contributed by atoms with Crippen molar-refractivity contribution >= 4 is 11.8 Å². The van der Waals surface area contributed by atoms with Crippen LogP contribution in [0.15, 0.2) is 24.4 Å². The average Bonchev–Trinajstić information content (AvgIpc) is 2.48. The van der Waals surface area contributed by atoms with Crippen LogP contribution in [-0.2, 0) is 16.0 Å². The third-order valence-corrected chi connectivity index (χ3v) is 3.59. The second kappa shape index (κ2) is 7.73. The van der Waals surface area contributed by atoms with Gasteiger partial charge in [0.2, 0.25) is 11.8 Å². The van der Waals surface area contributed by atoms with Crippen LogP contribution < -0.4 is 5.32 Å². The van der Waals surface area contributed by atoms with Crippen molar-refractivity contribution in [2.45, 2.75) is 13.3 Å². The molecule has 1 aliphatic heterocycles. The normalized spacial score (nSPS) is 15.8. The summed E-state index contributed by atoms with van der Waals surface area (Å²) < 4.78 is 0. The van der Waals surface area contributed by atoms with Gasteiger partial charge in [0, 0.05) is 58.1 Å². The van der Waals surface area contributed by atoms with E-state index in [-0.39, 0.29) is 11.8 Å². The first kappa shape index (κ1) is 15.4. The van der Waals surface area contributed by atoms with Gasteiger partial charge in [0.25, 0.3) is 0 Å². The second-order valence-corrected chi connectivity index (χ2v) is 5.20. The Bertz CT molecular complexity index is 470. The number of hydrogen-bond acceptors (Lipinski definition) is 4. The van der Waals surface area contributed by atoms with Crippen LogP contribution in [0.3, 0.4) is 0 Å². The fraction of sp³-hybridized carbons (Fsp3) is 0.533. The Kier molecular flexibility index (Phi) is 5.68. The summed E-state index contributed by atoms with van der Waals surface area (Å²) in [4.78, 5) is 31.3. The topological polar surface area (TPSA) is 65.5 Å². The van der Waals surface area contributed by atoms with Gasteiger partial charge in [-0.15, -0.1) is 0 Å². The minimum atomic E-state index is -0.000764. The van der Waals surface area contributed by atoms with Crippen molar-refractivity contribution in [3.63, 3.8) is 0 Å². The van der Waals surface area contributed by atoms with Gasteiger partial charge >= 0.3 is 0 Å². The number of rotatable bonds is 5. The van der Waals surface area contributed by atoms with Crippen molar-refractivity contribution in [2.75, 3.05) is 39.3 Å². The zero-order chi connectivity index (χ0) is 15.1. The van der Waals surface area contributed by atoms with E-state index in [2.05, 4.69) is 15.2 Å². The van der Waals surface area contributed by atoms with Gasteiger partial charge in [-0.25, -0.2) is 0 Å². The molecule has 2 rings (SSSR count). The summed E-state index contributed by atoms with van der Waals surface area (Å²) in [7, 11) is 0. The van der Waals surface area contributed by atoms with E-state index in [1.54, 1.807) is 6.20 Å². The molecule has 1 aliphatic rings. The summed E-state index contributed by atoms with van der Waals surface area (Å²) in [6.45, 7) is 6.21. The molecule has 6 heteroatoms. The van der Waals surface area contributed by atoms with E-state index in [4.69, 9.17) is 0 Å². The molecule has 0 spiro atoms. The van der Waals surface area contributed by atoms with Gasteiger partial charge in [0.15, 0.2) is 0 Å². The van der Waals surface area contributed by atoms with Gasteiger partial charge in [-0.2, -0.15) is 0 Å². The Morgan fingerprint density at radius 1 is 1.24 bits per heavy atom. The molecule has 0 bridgehead atoms. The minimum absolute atomic E-state index is 0.000764. The number of piperazine rings is 1. The van der Waals surface area contributed by atoms with Crippen molar-refractivity contribution < 1.29 is 9.59 Å². The van der Waals surface area contributed by atoms with E-state index in [0.717, 1.165) is 38.4 Å². The SMILES string of the molecule is CC(=O)NCCN1CCN(C(=O)Cc2ccccn2)CC1. The Labute approximate surface area is 125 Å². The molecule has 0 atom stereocenters. The van der Waals surface area contributed by atoms with Crippen LogP contribution in [0.4, 0.5) is 0 Å². The number of amides is 2. The smallest absolute Gasteiger partial charge is 0.228 e. The van der Waals surface area contributed by atoms with E-state index in [0.29, 0.717) is 13.0 Å². The number of pyridine rings is 1. The van der Waals surface area contributed by atoms with Crippen molar-refractivity contribution in [2.24, 2.45) is 0 Å². The van der Waals surface area contributed by atoms with E-state index in [9.17, 15) is 9.59 Å². The first-order valence-electron chi connectivity index (χ1n) is 7.29. The van der Waals surface area contributed by atoms with Gasteiger partial charge in [-0.3, -0.25) is 19.5 Å². The van der Waals surface area contributed by atoms with Crippen LogP contribution in [0.25, 0.3) is 0 Å². The number of nitrogens with zero attached hydrogens (tertiary/aromatic N) is 3. The maximum absolute atomic E-state index is 12.2. The van der Waals surface area contributed by atoms with Crippen LogP contribution in [0, 0.1) is 0 Å². The van der Waals surface area contributed by atoms with E-state index >= 15 is 0 Å². The van der Waals surface area contributed by atoms with E-state index in [1.807, 2.05) is 23.1 Å². The molecule has 0 aliphatic carbocycles. The summed E-state index contributed by atoms with van der Waals surface area (Å²) in [5.74, 6) is 0.134. The highest BCUT2D eigenvalue weighted by Crippen LogP contribution is 2.05. The molecule has 1 aromatic rings. The first-order chi connectivity index (χ1) is 10.1. The number of carbonyl (C=O) groups excluding carboxylic acids is 2. The number of hydrogen-bond donors (Lipinski definition) is 1. The number of carbonyl (C=O) groups is 2. The lowest BCUT2D eigenvalue weighted by atomic mass is 10.2. The quantitative estimate of drug-likeness (QED) is 0.823. The van der Waals surface area contributed by atoms with Crippen molar-refractivity contribution in [1.82, 2.24) is 20.1 Å². The molecule has 0 radical (unpaired) electrons. The molecule has 2 heterocycles. The third kappa shape index (κ3) is 5.15. The zero-order valence-corrected chi connectivity index (χ0v) is 12.4. The molecule has 2 amide bonds. The second-order valence-electron chi connectivity index (χ2n) is 5.20. The van der Waals surface area contributed by atoms with Gasteiger partial charge in [-0.05, 0) is 12.1 Å². The molecular weight excluding hydrogens is 268 g/mol. The highest BCUT2D eigenvalue weighted by Gasteiger charge is 2.21. The molecule has 6 nitrogen and oxygen atoms in total. The van der Waals surface area contributed by atoms with Gasteiger partial charge in [0.1, 0.15) is 0 Å². The predicted molar refractivity (Wildman–Crippen MR) is 79.6 cm³/mol. The zero-order valence-electron chi connectivity index (χ0n) is 12.4. The molecule has 0 unspecified atom stereocenters. The van der Waals surface area contributed by atoms with Crippen LogP contribution in [0.5, 0.6) is 0 Å². The van der Waals surface area contributed by atoms with Crippen LogP contribution in [-0.4, -0.2) is 65.9 Å². The lowest BCUT2D eigenvalue weighted by Crippen LogP contribution is -2.50. The maximum Gasteiger partial charge on any atom is 0.228 e. The molecule has 0 saturated carbocycles. The van der Waals surface area contributed by atoms with Gasteiger partial charge in [-0.1, -0.05) is 6.07 Å². The highest BCUT2D eigenvalue weighted by molar-refractivity contribution is 5.78. The Balaban J connectivity index is 1.71. The summed E-state index contributed by atoms with van der Waals surface area (Å²) in [5.41, 5.74) is 0.815. The largest absolute Gasteiger partial charge is 0.355 e. The molecule has 0 aromatic carbocycles. The molecule has 1 fully saturated rings. The molecule has 21 heavy (non-hydrogen) atoms. The maximum atomic E-state index is 12.2. The van der Waals surface area contributed by atoms with Crippen LogP contribution in [0.1, 0.15) is 12.6 Å². The molecular formula is C15H22N4O2. The molecule has 1 saturated heterocycles. The molecule has 1 aromatic heterocycles. The summed E-state index contributed by atoms with van der Waals surface area (Å²) >= 11 is 0. The monoisotopic (exact) mass is 290 g/mol.